The topological polar surface area (TPSA) is 0 Å². The van der Waals surface area contributed by atoms with Crippen molar-refractivity contribution in [3.05, 3.63) is 58.9 Å². The lowest BCUT2D eigenvalue weighted by molar-refractivity contribution is 0.612. The maximum atomic E-state index is 13.6. The number of halogens is 2. The summed E-state index contributed by atoms with van der Waals surface area (Å²) in [4.78, 5) is 0.596. The summed E-state index contributed by atoms with van der Waals surface area (Å²) >= 11 is 10.8. The summed E-state index contributed by atoms with van der Waals surface area (Å²) < 4.78 is 13.6. The summed E-state index contributed by atoms with van der Waals surface area (Å²) in [6.07, 6.45) is 8.29. The highest BCUT2D eigenvalue weighted by atomic mass is 35.5. The number of hydrogen-bond acceptors (Lipinski definition) is 1. The van der Waals surface area contributed by atoms with Gasteiger partial charge in [-0.1, -0.05) is 48.1 Å². The van der Waals surface area contributed by atoms with E-state index >= 15 is 0 Å². The van der Waals surface area contributed by atoms with Crippen LogP contribution in [0.2, 0.25) is 5.02 Å². The van der Waals surface area contributed by atoms with Crippen LogP contribution in [0, 0.1) is 11.9 Å². The molecular formula is C12H7ClFS. The molecule has 1 unspecified atom stereocenters. The van der Waals surface area contributed by atoms with Crippen LogP contribution in [0.15, 0.2) is 36.4 Å². The molecule has 0 aliphatic heterocycles. The van der Waals surface area contributed by atoms with Crippen molar-refractivity contribution in [3.8, 4) is 0 Å². The zero-order valence-electron chi connectivity index (χ0n) is 7.71. The Bertz CT molecular complexity index is 463. The van der Waals surface area contributed by atoms with Crippen LogP contribution in [0.25, 0.3) is 0 Å². The van der Waals surface area contributed by atoms with Gasteiger partial charge in [0, 0.05) is 21.4 Å². The van der Waals surface area contributed by atoms with E-state index in [-0.39, 0.29) is 11.7 Å². The fourth-order valence-electron chi connectivity index (χ4n) is 1.47. The SMILES string of the molecule is Fc1cc(Cl)ccc1C1C=CC=[C]C1=S. The molecule has 2 rings (SSSR count). The lowest BCUT2D eigenvalue weighted by atomic mass is 9.92. The minimum absolute atomic E-state index is 0.206. The summed E-state index contributed by atoms with van der Waals surface area (Å²) in [6.45, 7) is 0. The lowest BCUT2D eigenvalue weighted by Gasteiger charge is -2.15. The predicted octanol–water partition coefficient (Wildman–Crippen LogP) is 3.86. The minimum Gasteiger partial charge on any atom is -0.207 e. The van der Waals surface area contributed by atoms with Crippen molar-refractivity contribution < 1.29 is 4.39 Å². The summed E-state index contributed by atoms with van der Waals surface area (Å²) in [7, 11) is 0. The van der Waals surface area contributed by atoms with Crippen molar-refractivity contribution in [3.63, 3.8) is 0 Å². The van der Waals surface area contributed by atoms with E-state index in [2.05, 4.69) is 6.08 Å². The molecule has 0 saturated heterocycles. The highest BCUT2D eigenvalue weighted by Gasteiger charge is 2.17. The Morgan fingerprint density at radius 2 is 2.20 bits per heavy atom. The molecule has 0 N–H and O–H groups in total. The number of allylic oxidation sites excluding steroid dienone is 4. The van der Waals surface area contributed by atoms with Gasteiger partial charge < -0.3 is 0 Å². The zero-order valence-corrected chi connectivity index (χ0v) is 9.28. The number of hydrogen-bond donors (Lipinski definition) is 0. The van der Waals surface area contributed by atoms with Crippen LogP contribution in [-0.4, -0.2) is 4.86 Å². The highest BCUT2D eigenvalue weighted by Crippen LogP contribution is 2.26. The molecule has 0 nitrogen and oxygen atoms in total. The largest absolute Gasteiger partial charge is 0.207 e. The second kappa shape index (κ2) is 4.25. The molecular weight excluding hydrogens is 231 g/mol. The Morgan fingerprint density at radius 1 is 1.40 bits per heavy atom. The fourth-order valence-corrected chi connectivity index (χ4v) is 1.91. The highest BCUT2D eigenvalue weighted by molar-refractivity contribution is 7.80. The molecule has 1 aromatic carbocycles. The molecule has 0 heterocycles. The van der Waals surface area contributed by atoms with E-state index in [1.807, 2.05) is 12.2 Å². The van der Waals surface area contributed by atoms with E-state index in [4.69, 9.17) is 23.8 Å². The van der Waals surface area contributed by atoms with E-state index in [1.54, 1.807) is 18.2 Å². The first-order valence-corrected chi connectivity index (χ1v) is 5.22. The van der Waals surface area contributed by atoms with Gasteiger partial charge in [-0.25, -0.2) is 4.39 Å². The quantitative estimate of drug-likeness (QED) is 0.669. The monoisotopic (exact) mass is 237 g/mol. The van der Waals surface area contributed by atoms with Gasteiger partial charge in [0.2, 0.25) is 0 Å². The molecule has 15 heavy (non-hydrogen) atoms. The second-order valence-electron chi connectivity index (χ2n) is 3.20. The zero-order chi connectivity index (χ0) is 10.8. The van der Waals surface area contributed by atoms with Gasteiger partial charge in [0.15, 0.2) is 0 Å². The summed E-state index contributed by atoms with van der Waals surface area (Å²) in [5, 5.41) is 0.390. The van der Waals surface area contributed by atoms with Crippen molar-refractivity contribution >= 4 is 28.7 Å². The molecule has 1 aromatic rings. The number of thiocarbonyl (C=S) groups is 1. The average molecular weight is 238 g/mol. The molecule has 0 fully saturated rings. The van der Waals surface area contributed by atoms with Crippen LogP contribution < -0.4 is 0 Å². The molecule has 0 spiro atoms. The van der Waals surface area contributed by atoms with E-state index in [0.29, 0.717) is 15.5 Å². The molecule has 1 atom stereocenters. The first kappa shape index (κ1) is 10.5. The maximum absolute atomic E-state index is 13.6. The molecule has 75 valence electrons. The van der Waals surface area contributed by atoms with Crippen LogP contribution >= 0.6 is 23.8 Å². The van der Waals surface area contributed by atoms with Gasteiger partial charge in [-0.15, -0.1) is 0 Å². The van der Waals surface area contributed by atoms with Crippen molar-refractivity contribution in [2.75, 3.05) is 0 Å². The van der Waals surface area contributed by atoms with E-state index in [0.717, 1.165) is 0 Å². The summed E-state index contributed by atoms with van der Waals surface area (Å²) in [6, 6.07) is 4.62. The van der Waals surface area contributed by atoms with E-state index in [9.17, 15) is 4.39 Å². The first-order valence-electron chi connectivity index (χ1n) is 4.44. The Hall–Kier alpha value is -0.990. The van der Waals surface area contributed by atoms with Crippen LogP contribution in [-0.2, 0) is 0 Å². The molecule has 1 radical (unpaired) electrons. The Balaban J connectivity index is 2.41. The van der Waals surface area contributed by atoms with Crippen LogP contribution in [0.3, 0.4) is 0 Å². The smallest absolute Gasteiger partial charge is 0.128 e. The Labute approximate surface area is 98.1 Å². The molecule has 1 aliphatic rings. The third-order valence-electron chi connectivity index (χ3n) is 2.21. The van der Waals surface area contributed by atoms with Gasteiger partial charge in [0.25, 0.3) is 0 Å². The average Bonchev–Trinajstić information content (AvgIpc) is 2.20. The van der Waals surface area contributed by atoms with Crippen LogP contribution in [0.4, 0.5) is 4.39 Å². The lowest BCUT2D eigenvalue weighted by Crippen LogP contribution is -2.09. The normalized spacial score (nSPS) is 19.6. The van der Waals surface area contributed by atoms with Gasteiger partial charge in [-0.05, 0) is 18.2 Å². The number of benzene rings is 1. The van der Waals surface area contributed by atoms with Crippen molar-refractivity contribution in [2.45, 2.75) is 5.92 Å². The van der Waals surface area contributed by atoms with Gasteiger partial charge in [0.05, 0.1) is 0 Å². The maximum Gasteiger partial charge on any atom is 0.128 e. The van der Waals surface area contributed by atoms with Crippen molar-refractivity contribution in [2.24, 2.45) is 0 Å². The molecule has 3 heteroatoms. The van der Waals surface area contributed by atoms with E-state index < -0.39 is 0 Å². The third-order valence-corrected chi connectivity index (χ3v) is 2.81. The van der Waals surface area contributed by atoms with Crippen molar-refractivity contribution in [1.82, 2.24) is 0 Å². The Kier molecular flexibility index (Phi) is 2.98. The molecule has 0 aromatic heterocycles. The van der Waals surface area contributed by atoms with Gasteiger partial charge in [-0.2, -0.15) is 0 Å². The second-order valence-corrected chi connectivity index (χ2v) is 4.08. The minimum atomic E-state index is -0.330. The van der Waals surface area contributed by atoms with Crippen LogP contribution in [0.5, 0.6) is 0 Å². The van der Waals surface area contributed by atoms with Gasteiger partial charge >= 0.3 is 0 Å². The van der Waals surface area contributed by atoms with Gasteiger partial charge in [0.1, 0.15) is 5.82 Å². The van der Waals surface area contributed by atoms with Crippen molar-refractivity contribution in [1.29, 1.82) is 0 Å². The molecule has 1 aliphatic carbocycles. The molecule has 0 amide bonds. The first-order chi connectivity index (χ1) is 7.18. The van der Waals surface area contributed by atoms with Gasteiger partial charge in [-0.3, -0.25) is 0 Å². The van der Waals surface area contributed by atoms with Crippen LogP contribution in [0.1, 0.15) is 11.5 Å². The third kappa shape index (κ3) is 2.16. The molecule has 0 saturated carbocycles. The fraction of sp³-hybridized carbons (Fsp3) is 0.0833. The number of rotatable bonds is 1. The van der Waals surface area contributed by atoms with E-state index in [1.165, 1.54) is 6.07 Å². The molecule has 0 bridgehead atoms. The standard InChI is InChI=1S/C12H7ClFS/c13-8-5-6-9(11(14)7-8)10-3-1-2-4-12(10)15/h1-3,5-7,10H. The Morgan fingerprint density at radius 3 is 2.87 bits per heavy atom. The predicted molar refractivity (Wildman–Crippen MR) is 63.7 cm³/mol. The summed E-state index contributed by atoms with van der Waals surface area (Å²) in [5.74, 6) is -0.537. The summed E-state index contributed by atoms with van der Waals surface area (Å²) in [5.41, 5.74) is 0.543.